The second kappa shape index (κ2) is 3.09. The predicted octanol–water partition coefficient (Wildman–Crippen LogP) is 3.47. The Balaban J connectivity index is 2.94. The van der Waals surface area contributed by atoms with Gasteiger partial charge in [0.05, 0.1) is 5.52 Å². The lowest BCUT2D eigenvalue weighted by atomic mass is 10.0. The van der Waals surface area contributed by atoms with Crippen molar-refractivity contribution in [2.24, 2.45) is 0 Å². The van der Waals surface area contributed by atoms with Crippen LogP contribution in [0.3, 0.4) is 0 Å². The molecule has 0 aliphatic rings. The van der Waals surface area contributed by atoms with Gasteiger partial charge in [-0.2, -0.15) is 0 Å². The first-order valence-electron chi connectivity index (χ1n) is 4.94. The summed E-state index contributed by atoms with van der Waals surface area (Å²) >= 11 is 0. The minimum atomic E-state index is 1.09. The Morgan fingerprint density at radius 1 is 0.929 bits per heavy atom. The zero-order valence-corrected chi connectivity index (χ0v) is 9.18. The summed E-state index contributed by atoms with van der Waals surface area (Å²) in [7, 11) is 0. The van der Waals surface area contributed by atoms with Gasteiger partial charge in [0.1, 0.15) is 0 Å². The first kappa shape index (κ1) is 9.20. The van der Waals surface area contributed by atoms with Crippen molar-refractivity contribution in [2.75, 3.05) is 0 Å². The van der Waals surface area contributed by atoms with Gasteiger partial charge in [-0.15, -0.1) is 0 Å². The molecule has 2 rings (SSSR count). The van der Waals surface area contributed by atoms with E-state index in [-0.39, 0.29) is 0 Å². The number of pyridine rings is 1. The van der Waals surface area contributed by atoms with Crippen LogP contribution in [0.25, 0.3) is 10.9 Å². The highest BCUT2D eigenvalue weighted by atomic mass is 14.7. The van der Waals surface area contributed by atoms with E-state index in [1.165, 1.54) is 22.1 Å². The second-order valence-corrected chi connectivity index (χ2v) is 3.98. The summed E-state index contributed by atoms with van der Waals surface area (Å²) in [6.45, 7) is 8.48. The molecule has 0 fully saturated rings. The highest BCUT2D eigenvalue weighted by Gasteiger charge is 2.04. The van der Waals surface area contributed by atoms with Crippen LogP contribution in [0.1, 0.15) is 22.4 Å². The second-order valence-electron chi connectivity index (χ2n) is 3.98. The summed E-state index contributed by atoms with van der Waals surface area (Å²) in [6.07, 6.45) is 0. The molecule has 1 heteroatoms. The Labute approximate surface area is 84.8 Å². The first-order chi connectivity index (χ1) is 6.59. The first-order valence-corrected chi connectivity index (χ1v) is 4.94. The van der Waals surface area contributed by atoms with Gasteiger partial charge in [0, 0.05) is 11.1 Å². The molecule has 0 bridgehead atoms. The number of aromatic nitrogens is 1. The highest BCUT2D eigenvalue weighted by Crippen LogP contribution is 2.23. The van der Waals surface area contributed by atoms with Crippen molar-refractivity contribution in [2.45, 2.75) is 27.7 Å². The van der Waals surface area contributed by atoms with Gasteiger partial charge in [-0.05, 0) is 50.5 Å². The van der Waals surface area contributed by atoms with Crippen LogP contribution in [-0.4, -0.2) is 4.98 Å². The fourth-order valence-electron chi connectivity index (χ4n) is 1.87. The lowest BCUT2D eigenvalue weighted by molar-refractivity contribution is 1.22. The van der Waals surface area contributed by atoms with E-state index in [1.54, 1.807) is 0 Å². The number of aryl methyl sites for hydroxylation is 4. The zero-order chi connectivity index (χ0) is 10.3. The van der Waals surface area contributed by atoms with Gasteiger partial charge in [0.15, 0.2) is 0 Å². The van der Waals surface area contributed by atoms with Gasteiger partial charge >= 0.3 is 0 Å². The summed E-state index contributed by atoms with van der Waals surface area (Å²) in [5.41, 5.74) is 6.20. The molecule has 0 spiro atoms. The minimum absolute atomic E-state index is 1.09. The normalized spacial score (nSPS) is 10.9. The van der Waals surface area contributed by atoms with Crippen molar-refractivity contribution in [1.29, 1.82) is 0 Å². The number of rotatable bonds is 0. The third-order valence-electron chi connectivity index (χ3n) is 2.84. The van der Waals surface area contributed by atoms with Crippen molar-refractivity contribution >= 4 is 10.9 Å². The van der Waals surface area contributed by atoms with E-state index < -0.39 is 0 Å². The molecule has 1 aromatic heterocycles. The number of fused-ring (bicyclic) bond motifs is 1. The Bertz CT molecular complexity index is 498. The molecule has 14 heavy (non-hydrogen) atoms. The SMILES string of the molecule is Cc1ccc2c(C)c(C)cc(C)c2n1. The van der Waals surface area contributed by atoms with E-state index in [9.17, 15) is 0 Å². The average Bonchev–Trinajstić information content (AvgIpc) is 2.14. The summed E-state index contributed by atoms with van der Waals surface area (Å²) in [5, 5.41) is 1.29. The van der Waals surface area contributed by atoms with Gasteiger partial charge in [0.2, 0.25) is 0 Å². The van der Waals surface area contributed by atoms with Crippen LogP contribution in [-0.2, 0) is 0 Å². The van der Waals surface area contributed by atoms with E-state index in [0.717, 1.165) is 11.2 Å². The Morgan fingerprint density at radius 2 is 1.64 bits per heavy atom. The van der Waals surface area contributed by atoms with Crippen molar-refractivity contribution in [3.8, 4) is 0 Å². The minimum Gasteiger partial charge on any atom is -0.253 e. The third kappa shape index (κ3) is 1.29. The molecule has 0 radical (unpaired) electrons. The molecule has 1 aromatic carbocycles. The van der Waals surface area contributed by atoms with Crippen LogP contribution in [0.4, 0.5) is 0 Å². The van der Waals surface area contributed by atoms with Gasteiger partial charge in [-0.3, -0.25) is 4.98 Å². The maximum atomic E-state index is 4.58. The van der Waals surface area contributed by atoms with E-state index in [1.807, 2.05) is 6.92 Å². The van der Waals surface area contributed by atoms with Crippen LogP contribution in [0.2, 0.25) is 0 Å². The van der Waals surface area contributed by atoms with Crippen LogP contribution >= 0.6 is 0 Å². The van der Waals surface area contributed by atoms with Gasteiger partial charge in [-0.1, -0.05) is 12.1 Å². The molecule has 0 aliphatic heterocycles. The van der Waals surface area contributed by atoms with E-state index >= 15 is 0 Å². The van der Waals surface area contributed by atoms with E-state index in [0.29, 0.717) is 0 Å². The zero-order valence-electron chi connectivity index (χ0n) is 9.18. The molecule has 1 heterocycles. The standard InChI is InChI=1S/C13H15N/c1-8-7-9(2)13-12(11(8)4)6-5-10(3)14-13/h5-7H,1-4H3. The number of benzene rings is 1. The predicted molar refractivity (Wildman–Crippen MR) is 60.7 cm³/mol. The molecule has 0 unspecified atom stereocenters. The lowest BCUT2D eigenvalue weighted by Gasteiger charge is -2.08. The number of hydrogen-bond acceptors (Lipinski definition) is 1. The van der Waals surface area contributed by atoms with Crippen LogP contribution in [0.5, 0.6) is 0 Å². The Kier molecular flexibility index (Phi) is 2.03. The smallest absolute Gasteiger partial charge is 0.0737 e. The molecule has 0 N–H and O–H groups in total. The average molecular weight is 185 g/mol. The number of nitrogens with zero attached hydrogens (tertiary/aromatic N) is 1. The molecular weight excluding hydrogens is 170 g/mol. The van der Waals surface area contributed by atoms with Crippen LogP contribution in [0.15, 0.2) is 18.2 Å². The molecule has 0 saturated carbocycles. The fraction of sp³-hybridized carbons (Fsp3) is 0.308. The molecule has 72 valence electrons. The van der Waals surface area contributed by atoms with Gasteiger partial charge in [0.25, 0.3) is 0 Å². The quantitative estimate of drug-likeness (QED) is 0.612. The molecular formula is C13H15N. The van der Waals surface area contributed by atoms with Gasteiger partial charge < -0.3 is 0 Å². The maximum Gasteiger partial charge on any atom is 0.0737 e. The van der Waals surface area contributed by atoms with Gasteiger partial charge in [-0.25, -0.2) is 0 Å². The van der Waals surface area contributed by atoms with E-state index in [2.05, 4.69) is 44.0 Å². The van der Waals surface area contributed by atoms with E-state index in [4.69, 9.17) is 0 Å². The molecule has 1 nitrogen and oxygen atoms in total. The van der Waals surface area contributed by atoms with Crippen molar-refractivity contribution in [1.82, 2.24) is 4.98 Å². The summed E-state index contributed by atoms with van der Waals surface area (Å²) < 4.78 is 0. The molecule has 0 amide bonds. The molecule has 0 atom stereocenters. The largest absolute Gasteiger partial charge is 0.253 e. The maximum absolute atomic E-state index is 4.58. The van der Waals surface area contributed by atoms with Crippen molar-refractivity contribution < 1.29 is 0 Å². The van der Waals surface area contributed by atoms with Crippen LogP contribution < -0.4 is 0 Å². The van der Waals surface area contributed by atoms with Crippen molar-refractivity contribution in [3.63, 3.8) is 0 Å². The van der Waals surface area contributed by atoms with Crippen molar-refractivity contribution in [3.05, 3.63) is 40.6 Å². The lowest BCUT2D eigenvalue weighted by Crippen LogP contribution is -1.91. The molecule has 0 aliphatic carbocycles. The summed E-state index contributed by atoms with van der Waals surface area (Å²) in [5.74, 6) is 0. The monoisotopic (exact) mass is 185 g/mol. The number of hydrogen-bond donors (Lipinski definition) is 0. The Morgan fingerprint density at radius 3 is 2.36 bits per heavy atom. The Hall–Kier alpha value is -1.37. The third-order valence-corrected chi connectivity index (χ3v) is 2.84. The molecule has 0 saturated heterocycles. The highest BCUT2D eigenvalue weighted by molar-refractivity contribution is 5.86. The summed E-state index contributed by atoms with van der Waals surface area (Å²) in [6, 6.07) is 6.46. The topological polar surface area (TPSA) is 12.9 Å². The van der Waals surface area contributed by atoms with Crippen LogP contribution in [0, 0.1) is 27.7 Å². The molecule has 2 aromatic rings. The fourth-order valence-corrected chi connectivity index (χ4v) is 1.87. The summed E-state index contributed by atoms with van der Waals surface area (Å²) in [4.78, 5) is 4.58.